The maximum absolute atomic E-state index is 13.6. The van der Waals surface area contributed by atoms with Crippen molar-refractivity contribution in [3.63, 3.8) is 0 Å². The van der Waals surface area contributed by atoms with Gasteiger partial charge >= 0.3 is 0 Å². The van der Waals surface area contributed by atoms with E-state index in [9.17, 15) is 8.78 Å². The van der Waals surface area contributed by atoms with Crippen molar-refractivity contribution in [2.75, 3.05) is 33.5 Å². The molecule has 0 saturated heterocycles. The second-order valence-electron chi connectivity index (χ2n) is 3.84. The van der Waals surface area contributed by atoms with Gasteiger partial charge in [-0.2, -0.15) is 0 Å². The van der Waals surface area contributed by atoms with Crippen molar-refractivity contribution in [3.05, 3.63) is 35.4 Å². The minimum Gasteiger partial charge on any atom is -0.382 e. The van der Waals surface area contributed by atoms with Crippen molar-refractivity contribution < 1.29 is 18.3 Å². The van der Waals surface area contributed by atoms with Gasteiger partial charge in [0.25, 0.3) is 0 Å². The highest BCUT2D eigenvalue weighted by molar-refractivity contribution is 5.22. The van der Waals surface area contributed by atoms with E-state index in [4.69, 9.17) is 9.47 Å². The van der Waals surface area contributed by atoms with Crippen LogP contribution >= 0.6 is 0 Å². The smallest absolute Gasteiger partial charge is 0.128 e. The molecule has 0 aromatic heterocycles. The van der Waals surface area contributed by atoms with Crippen molar-refractivity contribution >= 4 is 0 Å². The van der Waals surface area contributed by atoms with Crippen LogP contribution in [0.1, 0.15) is 18.5 Å². The van der Waals surface area contributed by atoms with Gasteiger partial charge in [0.1, 0.15) is 11.6 Å². The average Bonchev–Trinajstić information content (AvgIpc) is 2.36. The largest absolute Gasteiger partial charge is 0.382 e. The Morgan fingerprint density at radius 2 is 2.06 bits per heavy atom. The predicted molar refractivity (Wildman–Crippen MR) is 65.5 cm³/mol. The average molecular weight is 259 g/mol. The molecule has 0 heterocycles. The van der Waals surface area contributed by atoms with Gasteiger partial charge in [-0.1, -0.05) is 6.92 Å². The maximum Gasteiger partial charge on any atom is 0.128 e. The molecule has 0 fully saturated rings. The summed E-state index contributed by atoms with van der Waals surface area (Å²) in [5.74, 6) is -0.885. The first kappa shape index (κ1) is 15.0. The molecule has 0 saturated carbocycles. The molecule has 0 aliphatic heterocycles. The topological polar surface area (TPSA) is 30.5 Å². The Bertz CT molecular complexity index is 361. The molecule has 1 aromatic carbocycles. The minimum absolute atomic E-state index is 0.275. The summed E-state index contributed by atoms with van der Waals surface area (Å²) in [6.45, 7) is 3.73. The van der Waals surface area contributed by atoms with E-state index in [1.54, 1.807) is 7.11 Å². The summed E-state index contributed by atoms with van der Waals surface area (Å²) in [6, 6.07) is 3.07. The predicted octanol–water partition coefficient (Wildman–Crippen LogP) is 2.28. The number of hydrogen-bond donors (Lipinski definition) is 1. The first-order chi connectivity index (χ1) is 8.69. The molecule has 3 nitrogen and oxygen atoms in total. The molecule has 1 rings (SSSR count). The van der Waals surface area contributed by atoms with E-state index >= 15 is 0 Å². The molecular formula is C13H19F2NO2. The van der Waals surface area contributed by atoms with Crippen LogP contribution in [0.2, 0.25) is 0 Å². The van der Waals surface area contributed by atoms with Crippen molar-refractivity contribution in [3.8, 4) is 0 Å². The number of ether oxygens (including phenoxy) is 2. The van der Waals surface area contributed by atoms with E-state index < -0.39 is 11.6 Å². The van der Waals surface area contributed by atoms with Crippen LogP contribution in [0.3, 0.4) is 0 Å². The van der Waals surface area contributed by atoms with E-state index in [0.717, 1.165) is 12.1 Å². The normalized spacial score (nSPS) is 12.7. The molecule has 0 bridgehead atoms. The summed E-state index contributed by atoms with van der Waals surface area (Å²) in [6.07, 6.45) is 0. The monoisotopic (exact) mass is 259 g/mol. The van der Waals surface area contributed by atoms with Crippen LogP contribution in [0.25, 0.3) is 0 Å². The number of methoxy groups -OCH3 is 1. The van der Waals surface area contributed by atoms with Crippen LogP contribution in [0.15, 0.2) is 18.2 Å². The Hall–Kier alpha value is -1.04. The standard InChI is InChI=1S/C13H19F2NO2/c1-3-16-13(9-18-7-6-17-2)11-8-10(14)4-5-12(11)15/h4-5,8,13,16H,3,6-7,9H2,1-2H3. The maximum atomic E-state index is 13.6. The molecule has 0 amide bonds. The third-order valence-electron chi connectivity index (χ3n) is 2.50. The Morgan fingerprint density at radius 1 is 1.28 bits per heavy atom. The third kappa shape index (κ3) is 4.68. The van der Waals surface area contributed by atoms with Crippen LogP contribution in [0.5, 0.6) is 0 Å². The lowest BCUT2D eigenvalue weighted by atomic mass is 10.1. The highest BCUT2D eigenvalue weighted by Gasteiger charge is 2.15. The summed E-state index contributed by atoms with van der Waals surface area (Å²) >= 11 is 0. The Labute approximate surface area is 106 Å². The third-order valence-corrected chi connectivity index (χ3v) is 2.50. The second-order valence-corrected chi connectivity index (χ2v) is 3.84. The molecule has 5 heteroatoms. The summed E-state index contributed by atoms with van der Waals surface area (Å²) in [5.41, 5.74) is 0.286. The summed E-state index contributed by atoms with van der Waals surface area (Å²) in [5, 5.41) is 3.07. The Morgan fingerprint density at radius 3 is 2.72 bits per heavy atom. The number of halogens is 2. The summed E-state index contributed by atoms with van der Waals surface area (Å²) in [7, 11) is 1.58. The lowest BCUT2D eigenvalue weighted by Gasteiger charge is -2.19. The molecule has 1 N–H and O–H groups in total. The zero-order valence-corrected chi connectivity index (χ0v) is 10.7. The van der Waals surface area contributed by atoms with E-state index in [0.29, 0.717) is 19.8 Å². The first-order valence-electron chi connectivity index (χ1n) is 5.94. The fourth-order valence-electron chi connectivity index (χ4n) is 1.63. The lowest BCUT2D eigenvalue weighted by molar-refractivity contribution is 0.0583. The number of benzene rings is 1. The van der Waals surface area contributed by atoms with Gasteiger partial charge in [-0.05, 0) is 24.7 Å². The number of nitrogens with one attached hydrogen (secondary N) is 1. The van der Waals surface area contributed by atoms with Crippen molar-refractivity contribution in [1.82, 2.24) is 5.32 Å². The minimum atomic E-state index is -0.453. The molecular weight excluding hydrogens is 240 g/mol. The van der Waals surface area contributed by atoms with Crippen molar-refractivity contribution in [1.29, 1.82) is 0 Å². The molecule has 0 spiro atoms. The van der Waals surface area contributed by atoms with Crippen LogP contribution in [0.4, 0.5) is 8.78 Å². The van der Waals surface area contributed by atoms with Gasteiger partial charge in [0.2, 0.25) is 0 Å². The summed E-state index contributed by atoms with van der Waals surface area (Å²) < 4.78 is 37.0. The Balaban J connectivity index is 2.67. The molecule has 1 atom stereocenters. The van der Waals surface area contributed by atoms with E-state index in [2.05, 4.69) is 5.32 Å². The quantitative estimate of drug-likeness (QED) is 0.726. The molecule has 1 unspecified atom stereocenters. The van der Waals surface area contributed by atoms with Crippen LogP contribution < -0.4 is 5.32 Å². The van der Waals surface area contributed by atoms with E-state index in [-0.39, 0.29) is 18.2 Å². The SMILES string of the molecule is CCNC(COCCOC)c1cc(F)ccc1F. The van der Waals surface area contributed by atoms with E-state index in [1.807, 2.05) is 6.92 Å². The van der Waals surface area contributed by atoms with Crippen molar-refractivity contribution in [2.24, 2.45) is 0 Å². The van der Waals surface area contributed by atoms with E-state index in [1.165, 1.54) is 6.07 Å². The fraction of sp³-hybridized carbons (Fsp3) is 0.538. The van der Waals surface area contributed by atoms with Crippen LogP contribution in [-0.2, 0) is 9.47 Å². The van der Waals surface area contributed by atoms with Crippen molar-refractivity contribution in [2.45, 2.75) is 13.0 Å². The molecule has 0 aliphatic carbocycles. The zero-order valence-electron chi connectivity index (χ0n) is 10.7. The molecule has 1 aromatic rings. The number of likely N-dealkylation sites (N-methyl/N-ethyl adjacent to an activating group) is 1. The van der Waals surface area contributed by atoms with Gasteiger partial charge in [-0.15, -0.1) is 0 Å². The highest BCUT2D eigenvalue weighted by Crippen LogP contribution is 2.18. The van der Waals surface area contributed by atoms with Gasteiger partial charge in [0.15, 0.2) is 0 Å². The number of hydrogen-bond acceptors (Lipinski definition) is 3. The van der Waals surface area contributed by atoms with Crippen LogP contribution in [0, 0.1) is 11.6 Å². The molecule has 102 valence electrons. The molecule has 0 aliphatic rings. The molecule has 0 radical (unpaired) electrons. The Kier molecular flexibility index (Phi) is 6.78. The van der Waals surface area contributed by atoms with Crippen LogP contribution in [-0.4, -0.2) is 33.5 Å². The van der Waals surface area contributed by atoms with Gasteiger partial charge in [0.05, 0.1) is 25.9 Å². The fourth-order valence-corrected chi connectivity index (χ4v) is 1.63. The van der Waals surface area contributed by atoms with Gasteiger partial charge in [-0.3, -0.25) is 0 Å². The lowest BCUT2D eigenvalue weighted by Crippen LogP contribution is -2.27. The first-order valence-corrected chi connectivity index (χ1v) is 5.94. The highest BCUT2D eigenvalue weighted by atomic mass is 19.1. The van der Waals surface area contributed by atoms with Gasteiger partial charge < -0.3 is 14.8 Å². The molecule has 18 heavy (non-hydrogen) atoms. The second kappa shape index (κ2) is 8.13. The number of rotatable bonds is 8. The van der Waals surface area contributed by atoms with Gasteiger partial charge in [-0.25, -0.2) is 8.78 Å². The summed E-state index contributed by atoms with van der Waals surface area (Å²) in [4.78, 5) is 0. The zero-order chi connectivity index (χ0) is 13.4. The van der Waals surface area contributed by atoms with Gasteiger partial charge in [0, 0.05) is 12.7 Å².